The van der Waals surface area contributed by atoms with Gasteiger partial charge in [-0.1, -0.05) is 6.42 Å². The van der Waals surface area contributed by atoms with Crippen molar-refractivity contribution >= 4 is 0 Å². The molecule has 2 rings (SSSR count). The van der Waals surface area contributed by atoms with Gasteiger partial charge in [0.1, 0.15) is 0 Å². The predicted molar refractivity (Wildman–Crippen MR) is 79.2 cm³/mol. The van der Waals surface area contributed by atoms with E-state index >= 15 is 0 Å². The van der Waals surface area contributed by atoms with Gasteiger partial charge >= 0.3 is 0 Å². The number of hydrogen-bond donors (Lipinski definition) is 1. The van der Waals surface area contributed by atoms with E-state index in [1.165, 1.54) is 37.9 Å². The zero-order valence-electron chi connectivity index (χ0n) is 12.6. The maximum absolute atomic E-state index is 4.34. The summed E-state index contributed by atoms with van der Waals surface area (Å²) < 4.78 is 1.99. The summed E-state index contributed by atoms with van der Waals surface area (Å²) in [5.74, 6) is 0. The summed E-state index contributed by atoms with van der Waals surface area (Å²) in [6, 6.07) is 1.01. The first kappa shape index (κ1) is 14.5. The fourth-order valence-electron chi connectivity index (χ4n) is 2.73. The van der Waals surface area contributed by atoms with Gasteiger partial charge in [-0.25, -0.2) is 0 Å². The van der Waals surface area contributed by atoms with E-state index in [9.17, 15) is 0 Å². The predicted octanol–water partition coefficient (Wildman–Crippen LogP) is 2.43. The van der Waals surface area contributed by atoms with Crippen molar-refractivity contribution in [2.75, 3.05) is 19.6 Å². The van der Waals surface area contributed by atoms with Crippen LogP contribution in [0.25, 0.3) is 0 Å². The Morgan fingerprint density at radius 2 is 2.00 bits per heavy atom. The van der Waals surface area contributed by atoms with E-state index in [0.717, 1.165) is 13.1 Å². The van der Waals surface area contributed by atoms with Crippen molar-refractivity contribution in [3.05, 3.63) is 18.0 Å². The first-order valence-corrected chi connectivity index (χ1v) is 7.70. The van der Waals surface area contributed by atoms with Crippen LogP contribution in [0.4, 0.5) is 0 Å². The summed E-state index contributed by atoms with van der Waals surface area (Å²) in [5.41, 5.74) is 1.28. The Labute approximate surface area is 117 Å². The van der Waals surface area contributed by atoms with Crippen LogP contribution < -0.4 is 5.32 Å². The molecule has 19 heavy (non-hydrogen) atoms. The summed E-state index contributed by atoms with van der Waals surface area (Å²) >= 11 is 0. The molecule has 0 radical (unpaired) electrons. The molecule has 4 nitrogen and oxygen atoms in total. The Hall–Kier alpha value is -0.870. The van der Waals surface area contributed by atoms with Gasteiger partial charge in [-0.2, -0.15) is 5.10 Å². The van der Waals surface area contributed by atoms with Crippen LogP contribution in [0.2, 0.25) is 0 Å². The fourth-order valence-corrected chi connectivity index (χ4v) is 2.73. The molecule has 1 aliphatic rings. The molecule has 1 aromatic rings. The quantitative estimate of drug-likeness (QED) is 0.856. The lowest BCUT2D eigenvalue weighted by Gasteiger charge is -2.33. The van der Waals surface area contributed by atoms with Gasteiger partial charge in [-0.3, -0.25) is 9.58 Å². The second-order valence-corrected chi connectivity index (χ2v) is 5.70. The van der Waals surface area contributed by atoms with Gasteiger partial charge in [0.25, 0.3) is 0 Å². The van der Waals surface area contributed by atoms with Crippen LogP contribution in [-0.2, 0) is 6.54 Å². The molecule has 0 spiro atoms. The molecule has 1 aliphatic heterocycles. The van der Waals surface area contributed by atoms with Crippen LogP contribution in [0.3, 0.4) is 0 Å². The van der Waals surface area contributed by atoms with Crippen LogP contribution in [-0.4, -0.2) is 40.4 Å². The third kappa shape index (κ3) is 4.05. The number of likely N-dealkylation sites (tertiary alicyclic amines) is 1. The van der Waals surface area contributed by atoms with Gasteiger partial charge in [0.15, 0.2) is 0 Å². The molecule has 0 bridgehead atoms. The molecule has 0 amide bonds. The number of nitrogens with one attached hydrogen (secondary N) is 1. The molecule has 0 aromatic carbocycles. The van der Waals surface area contributed by atoms with Crippen molar-refractivity contribution < 1.29 is 0 Å². The van der Waals surface area contributed by atoms with E-state index in [-0.39, 0.29) is 0 Å². The molecule has 1 saturated heterocycles. The molecule has 1 fully saturated rings. The van der Waals surface area contributed by atoms with E-state index in [0.29, 0.717) is 12.1 Å². The Bertz CT molecular complexity index is 368. The molecule has 0 aliphatic carbocycles. The molecular formula is C15H28N4. The summed E-state index contributed by atoms with van der Waals surface area (Å²) in [6.07, 6.45) is 8.26. The van der Waals surface area contributed by atoms with Crippen LogP contribution in [0.15, 0.2) is 12.4 Å². The van der Waals surface area contributed by atoms with Crippen LogP contribution in [0.5, 0.6) is 0 Å². The van der Waals surface area contributed by atoms with Crippen molar-refractivity contribution in [2.45, 2.75) is 58.7 Å². The maximum atomic E-state index is 4.34. The zero-order valence-corrected chi connectivity index (χ0v) is 12.6. The Kier molecular flexibility index (Phi) is 5.40. The molecule has 4 heteroatoms. The number of rotatable bonds is 6. The average Bonchev–Trinajstić information content (AvgIpc) is 2.94. The molecule has 2 unspecified atom stereocenters. The Balaban J connectivity index is 1.77. The highest BCUT2D eigenvalue weighted by Gasteiger charge is 2.17. The SMILES string of the molecule is CCn1cc(C(C)NCC(C)N2CCCCC2)cn1. The van der Waals surface area contributed by atoms with E-state index in [1.54, 1.807) is 0 Å². The smallest absolute Gasteiger partial charge is 0.0537 e. The summed E-state index contributed by atoms with van der Waals surface area (Å²) in [4.78, 5) is 2.61. The largest absolute Gasteiger partial charge is 0.309 e. The zero-order chi connectivity index (χ0) is 13.7. The topological polar surface area (TPSA) is 33.1 Å². The maximum Gasteiger partial charge on any atom is 0.0537 e. The van der Waals surface area contributed by atoms with Gasteiger partial charge in [0, 0.05) is 36.9 Å². The number of aromatic nitrogens is 2. The first-order chi connectivity index (χ1) is 9.20. The third-order valence-corrected chi connectivity index (χ3v) is 4.21. The highest BCUT2D eigenvalue weighted by atomic mass is 15.3. The second-order valence-electron chi connectivity index (χ2n) is 5.70. The minimum atomic E-state index is 0.382. The van der Waals surface area contributed by atoms with Gasteiger partial charge in [0.2, 0.25) is 0 Å². The van der Waals surface area contributed by atoms with Crippen molar-refractivity contribution in [1.82, 2.24) is 20.0 Å². The standard InChI is InChI=1S/C15H28N4/c1-4-19-12-15(11-17-19)14(3)16-10-13(2)18-8-6-5-7-9-18/h11-14,16H,4-10H2,1-3H3. The number of hydrogen-bond acceptors (Lipinski definition) is 3. The fraction of sp³-hybridized carbons (Fsp3) is 0.800. The normalized spacial score (nSPS) is 20.4. The van der Waals surface area contributed by atoms with Crippen molar-refractivity contribution in [2.24, 2.45) is 0 Å². The van der Waals surface area contributed by atoms with Crippen LogP contribution >= 0.6 is 0 Å². The third-order valence-electron chi connectivity index (χ3n) is 4.21. The van der Waals surface area contributed by atoms with E-state index in [1.807, 2.05) is 10.9 Å². The van der Waals surface area contributed by atoms with Crippen molar-refractivity contribution in [3.8, 4) is 0 Å². The van der Waals surface area contributed by atoms with E-state index in [4.69, 9.17) is 0 Å². The number of piperidine rings is 1. The Morgan fingerprint density at radius 3 is 2.63 bits per heavy atom. The lowest BCUT2D eigenvalue weighted by molar-refractivity contribution is 0.168. The molecule has 2 atom stereocenters. The van der Waals surface area contributed by atoms with Crippen LogP contribution in [0, 0.1) is 0 Å². The Morgan fingerprint density at radius 1 is 1.26 bits per heavy atom. The van der Waals surface area contributed by atoms with E-state index < -0.39 is 0 Å². The number of nitrogens with zero attached hydrogens (tertiary/aromatic N) is 3. The average molecular weight is 264 g/mol. The van der Waals surface area contributed by atoms with Crippen LogP contribution in [0.1, 0.15) is 51.6 Å². The molecule has 0 saturated carbocycles. The molecular weight excluding hydrogens is 236 g/mol. The molecule has 2 heterocycles. The lowest BCUT2D eigenvalue weighted by atomic mass is 10.1. The summed E-state index contributed by atoms with van der Waals surface area (Å²) in [5, 5.41) is 7.98. The highest BCUT2D eigenvalue weighted by Crippen LogP contribution is 2.14. The minimum Gasteiger partial charge on any atom is -0.309 e. The highest BCUT2D eigenvalue weighted by molar-refractivity contribution is 5.09. The lowest BCUT2D eigenvalue weighted by Crippen LogP contribution is -2.43. The van der Waals surface area contributed by atoms with Gasteiger partial charge < -0.3 is 5.32 Å². The van der Waals surface area contributed by atoms with Gasteiger partial charge in [-0.05, 0) is 46.7 Å². The molecule has 1 aromatic heterocycles. The first-order valence-electron chi connectivity index (χ1n) is 7.70. The van der Waals surface area contributed by atoms with Gasteiger partial charge in [-0.15, -0.1) is 0 Å². The van der Waals surface area contributed by atoms with Crippen molar-refractivity contribution in [1.29, 1.82) is 0 Å². The number of aryl methyl sites for hydroxylation is 1. The molecule has 108 valence electrons. The monoisotopic (exact) mass is 264 g/mol. The minimum absolute atomic E-state index is 0.382. The summed E-state index contributed by atoms with van der Waals surface area (Å²) in [7, 11) is 0. The second kappa shape index (κ2) is 7.06. The molecule has 1 N–H and O–H groups in total. The van der Waals surface area contributed by atoms with Crippen molar-refractivity contribution in [3.63, 3.8) is 0 Å². The summed E-state index contributed by atoms with van der Waals surface area (Å²) in [6.45, 7) is 11.2. The van der Waals surface area contributed by atoms with Gasteiger partial charge in [0.05, 0.1) is 6.20 Å². The van der Waals surface area contributed by atoms with E-state index in [2.05, 4.69) is 42.3 Å².